The van der Waals surface area contributed by atoms with Crippen molar-refractivity contribution in [2.24, 2.45) is 0 Å². The fourth-order valence-corrected chi connectivity index (χ4v) is 6.04. The summed E-state index contributed by atoms with van der Waals surface area (Å²) in [7, 11) is 0. The van der Waals surface area contributed by atoms with Gasteiger partial charge < -0.3 is 25.6 Å². The number of carboxylic acid groups (broad SMARTS) is 1. The smallest absolute Gasteiger partial charge is 0.328 e. The number of esters is 1. The number of allylic oxidation sites excluding steroid dienone is 1. The summed E-state index contributed by atoms with van der Waals surface area (Å²) in [5, 5.41) is 22.5. The van der Waals surface area contributed by atoms with Crippen molar-refractivity contribution in [2.75, 3.05) is 13.2 Å². The Balaban J connectivity index is 4.26. The van der Waals surface area contributed by atoms with Gasteiger partial charge in [0.1, 0.15) is 12.1 Å². The third-order valence-electron chi connectivity index (χ3n) is 9.25. The van der Waals surface area contributed by atoms with Gasteiger partial charge in [-0.3, -0.25) is 14.4 Å². The molecule has 4 N–H and O–H groups in total. The van der Waals surface area contributed by atoms with Gasteiger partial charge in [-0.15, -0.1) is 0 Å². The summed E-state index contributed by atoms with van der Waals surface area (Å²) in [6.45, 7) is 3.47. The predicted octanol–water partition coefficient (Wildman–Crippen LogP) is 9.49. The largest absolute Gasteiger partial charge is 0.480 e. The van der Waals surface area contributed by atoms with E-state index < -0.39 is 24.5 Å². The minimum atomic E-state index is -1.38. The second-order valence-corrected chi connectivity index (χ2v) is 14.1. The Labute approximate surface area is 305 Å². The van der Waals surface area contributed by atoms with E-state index in [4.69, 9.17) is 14.9 Å². The van der Waals surface area contributed by atoms with Crippen molar-refractivity contribution in [3.05, 3.63) is 12.2 Å². The first-order valence-electron chi connectivity index (χ1n) is 20.6. The van der Waals surface area contributed by atoms with E-state index in [0.717, 1.165) is 57.8 Å². The fraction of sp³-hybridized carbons (Fsp3) is 0.854. The number of unbranched alkanes of at least 4 members (excludes halogenated alkanes) is 23. The third kappa shape index (κ3) is 32.8. The van der Waals surface area contributed by atoms with Crippen molar-refractivity contribution >= 4 is 23.8 Å². The van der Waals surface area contributed by atoms with Crippen LogP contribution in [0.5, 0.6) is 0 Å². The molecule has 292 valence electrons. The molecule has 2 atom stereocenters. The number of hydrogen-bond donors (Lipinski definition) is 4. The van der Waals surface area contributed by atoms with Gasteiger partial charge in [-0.2, -0.15) is 0 Å². The Bertz CT molecular complexity index is 864. The molecule has 0 rings (SSSR count). The summed E-state index contributed by atoms with van der Waals surface area (Å²) in [6.07, 6.45) is 36.8. The zero-order valence-corrected chi connectivity index (χ0v) is 32.2. The van der Waals surface area contributed by atoms with E-state index in [9.17, 15) is 19.2 Å². The van der Waals surface area contributed by atoms with Crippen LogP contribution in [0.3, 0.4) is 0 Å². The van der Waals surface area contributed by atoms with E-state index in [2.05, 4.69) is 36.6 Å². The number of ether oxygens (including phenoxy) is 1. The Hall–Kier alpha value is -2.42. The van der Waals surface area contributed by atoms with Crippen LogP contribution in [0.1, 0.15) is 200 Å². The molecule has 0 spiro atoms. The number of aliphatic carboxylic acids is 1. The van der Waals surface area contributed by atoms with Crippen LogP contribution in [0.2, 0.25) is 0 Å². The maximum absolute atomic E-state index is 12.7. The fourth-order valence-electron chi connectivity index (χ4n) is 6.04. The van der Waals surface area contributed by atoms with Crippen molar-refractivity contribution in [1.29, 1.82) is 0 Å². The minimum absolute atomic E-state index is 0.0755. The Morgan fingerprint density at radius 2 is 1.06 bits per heavy atom. The van der Waals surface area contributed by atoms with Gasteiger partial charge in [-0.1, -0.05) is 155 Å². The summed E-state index contributed by atoms with van der Waals surface area (Å²) in [6, 6.07) is -1.38. The third-order valence-corrected chi connectivity index (χ3v) is 9.25. The molecule has 0 saturated carbocycles. The van der Waals surface area contributed by atoms with Crippen molar-refractivity contribution in [2.45, 2.75) is 212 Å². The lowest BCUT2D eigenvalue weighted by Crippen LogP contribution is -2.47. The molecule has 0 aromatic rings. The predicted molar refractivity (Wildman–Crippen MR) is 204 cm³/mol. The van der Waals surface area contributed by atoms with E-state index in [0.29, 0.717) is 19.3 Å². The highest BCUT2D eigenvalue weighted by Crippen LogP contribution is 2.16. The average Bonchev–Trinajstić information content (AvgIpc) is 3.10. The van der Waals surface area contributed by atoms with E-state index in [1.807, 2.05) is 0 Å². The van der Waals surface area contributed by atoms with Crippen LogP contribution >= 0.6 is 0 Å². The van der Waals surface area contributed by atoms with Gasteiger partial charge in [0.25, 0.3) is 0 Å². The summed E-state index contributed by atoms with van der Waals surface area (Å²) in [5.41, 5.74) is 0. The first-order valence-corrected chi connectivity index (χ1v) is 20.6. The molecule has 0 aromatic heterocycles. The number of aliphatic hydroxyl groups excluding tert-OH is 1. The molecular weight excluding hydrogens is 632 g/mol. The lowest BCUT2D eigenvalue weighted by Gasteiger charge is -2.15. The number of hydrogen-bond acceptors (Lipinski definition) is 6. The lowest BCUT2D eigenvalue weighted by molar-refractivity contribution is -0.147. The van der Waals surface area contributed by atoms with Gasteiger partial charge in [0.15, 0.2) is 0 Å². The maximum atomic E-state index is 12.7. The van der Waals surface area contributed by atoms with Crippen LogP contribution < -0.4 is 10.6 Å². The van der Waals surface area contributed by atoms with Crippen LogP contribution in [0.15, 0.2) is 12.2 Å². The van der Waals surface area contributed by atoms with E-state index in [-0.39, 0.29) is 24.5 Å². The molecular formula is C41H76N2O7. The highest BCUT2D eigenvalue weighted by molar-refractivity contribution is 5.87. The monoisotopic (exact) mass is 709 g/mol. The summed E-state index contributed by atoms with van der Waals surface area (Å²) in [5.74, 6) is -2.31. The molecule has 0 radical (unpaired) electrons. The van der Waals surface area contributed by atoms with Gasteiger partial charge in [0.2, 0.25) is 11.8 Å². The number of carbonyl (C=O) groups is 4. The zero-order chi connectivity index (χ0) is 36.9. The first-order chi connectivity index (χ1) is 24.3. The number of carboxylic acids is 1. The second-order valence-electron chi connectivity index (χ2n) is 14.1. The van der Waals surface area contributed by atoms with Gasteiger partial charge in [-0.25, -0.2) is 4.79 Å². The van der Waals surface area contributed by atoms with E-state index in [1.54, 1.807) is 0 Å². The molecule has 0 saturated heterocycles. The Morgan fingerprint density at radius 1 is 0.600 bits per heavy atom. The second kappa shape index (κ2) is 36.4. The summed E-state index contributed by atoms with van der Waals surface area (Å²) >= 11 is 0. The first kappa shape index (κ1) is 47.6. The highest BCUT2D eigenvalue weighted by Gasteiger charge is 2.18. The number of amides is 2. The number of rotatable bonds is 37. The van der Waals surface area contributed by atoms with Crippen molar-refractivity contribution < 1.29 is 34.1 Å². The Kier molecular flexibility index (Phi) is 34.6. The van der Waals surface area contributed by atoms with E-state index in [1.165, 1.54) is 109 Å². The molecule has 0 fully saturated rings. The van der Waals surface area contributed by atoms with Crippen LogP contribution in [-0.4, -0.2) is 59.3 Å². The van der Waals surface area contributed by atoms with E-state index >= 15 is 0 Å². The van der Waals surface area contributed by atoms with Gasteiger partial charge in [-0.05, 0) is 44.6 Å². The number of carbonyl (C=O) groups excluding carboxylic acids is 3. The molecule has 2 amide bonds. The summed E-state index contributed by atoms with van der Waals surface area (Å²) < 4.78 is 5.93. The molecule has 0 aliphatic rings. The van der Waals surface area contributed by atoms with Crippen molar-refractivity contribution in [3.63, 3.8) is 0 Å². The zero-order valence-electron chi connectivity index (χ0n) is 32.2. The van der Waals surface area contributed by atoms with Gasteiger partial charge >= 0.3 is 11.9 Å². The number of nitrogens with one attached hydrogen (secondary N) is 2. The molecule has 0 aliphatic heterocycles. The van der Waals surface area contributed by atoms with Crippen molar-refractivity contribution in [3.8, 4) is 0 Å². The molecule has 9 heteroatoms. The lowest BCUT2D eigenvalue weighted by atomic mass is 10.0. The van der Waals surface area contributed by atoms with Crippen LogP contribution in [0, 0.1) is 0 Å². The van der Waals surface area contributed by atoms with Gasteiger partial charge in [0, 0.05) is 12.8 Å². The highest BCUT2D eigenvalue weighted by atomic mass is 16.5. The molecule has 50 heavy (non-hydrogen) atoms. The normalized spacial score (nSPS) is 12.5. The minimum Gasteiger partial charge on any atom is -0.480 e. The average molecular weight is 709 g/mol. The molecule has 0 heterocycles. The topological polar surface area (TPSA) is 142 Å². The molecule has 0 aliphatic carbocycles. The van der Waals surface area contributed by atoms with Crippen LogP contribution in [-0.2, 0) is 23.9 Å². The quantitative estimate of drug-likeness (QED) is 0.0286. The van der Waals surface area contributed by atoms with Crippen molar-refractivity contribution in [1.82, 2.24) is 10.6 Å². The van der Waals surface area contributed by atoms with Crippen LogP contribution in [0.25, 0.3) is 0 Å². The SMILES string of the molecule is CCCCCCCCC/C=C\C(CCCCCCCCC(=O)NCC(=O)NC(CO)C(=O)O)OC(=O)CCCCCCCCCCCCCC. The molecule has 9 nitrogen and oxygen atoms in total. The Morgan fingerprint density at radius 3 is 1.56 bits per heavy atom. The standard InChI is InChI=1S/C41H76N2O7/c1-3-5-7-9-11-13-14-15-17-19-25-29-33-40(47)50-36(30-26-22-18-16-12-10-8-6-4-2)31-27-23-20-21-24-28-32-38(45)42-34-39(46)43-37(35-44)41(48)49/h26,30,36-37,44H,3-25,27-29,31-35H2,1-2H3,(H,42,45)(H,43,46)(H,48,49)/b30-26-. The van der Waals surface area contributed by atoms with Gasteiger partial charge in [0.05, 0.1) is 13.2 Å². The molecule has 0 aromatic carbocycles. The maximum Gasteiger partial charge on any atom is 0.328 e. The number of aliphatic hydroxyl groups is 1. The summed E-state index contributed by atoms with van der Waals surface area (Å²) in [4.78, 5) is 47.3. The van der Waals surface area contributed by atoms with Crippen LogP contribution in [0.4, 0.5) is 0 Å². The molecule has 2 unspecified atom stereocenters. The molecule has 0 bridgehead atoms.